The lowest BCUT2D eigenvalue weighted by molar-refractivity contribution is -0.143. The number of hydrogen-bond donors (Lipinski definition) is 1. The lowest BCUT2D eigenvalue weighted by atomic mass is 9.94. The van der Waals surface area contributed by atoms with E-state index in [1.807, 2.05) is 0 Å². The number of ether oxygens (including phenoxy) is 1. The zero-order valence-electron chi connectivity index (χ0n) is 13.9. The van der Waals surface area contributed by atoms with Crippen LogP contribution in [0, 0.1) is 5.82 Å². The van der Waals surface area contributed by atoms with E-state index in [1.54, 1.807) is 36.4 Å². The van der Waals surface area contributed by atoms with Gasteiger partial charge in [-0.15, -0.1) is 0 Å². The van der Waals surface area contributed by atoms with E-state index in [0.29, 0.717) is 5.56 Å². The number of carbonyl (C=O) groups excluding carboxylic acids is 2. The number of ketones is 1. The van der Waals surface area contributed by atoms with Gasteiger partial charge in [0.1, 0.15) is 5.82 Å². The summed E-state index contributed by atoms with van der Waals surface area (Å²) in [5, 5.41) is 2.74. The molecule has 0 radical (unpaired) electrons. The molecule has 0 bridgehead atoms. The molecule has 1 amide bonds. The Bertz CT molecular complexity index is 760. The first-order valence-corrected chi connectivity index (χ1v) is 7.57. The monoisotopic (exact) mass is 329 g/mol. The molecule has 1 N–H and O–H groups in total. The van der Waals surface area contributed by atoms with Gasteiger partial charge in [0.05, 0.1) is 0 Å². The van der Waals surface area contributed by atoms with E-state index >= 15 is 0 Å². The van der Waals surface area contributed by atoms with Gasteiger partial charge in [-0.2, -0.15) is 0 Å². The first-order valence-electron chi connectivity index (χ1n) is 7.57. The van der Waals surface area contributed by atoms with Crippen LogP contribution in [0.25, 0.3) is 0 Å². The predicted octanol–water partition coefficient (Wildman–Crippen LogP) is 3.21. The van der Waals surface area contributed by atoms with Crippen LogP contribution in [0.5, 0.6) is 0 Å². The molecule has 2 aromatic rings. The highest BCUT2D eigenvalue weighted by atomic mass is 19.1. The zero-order valence-corrected chi connectivity index (χ0v) is 13.9. The van der Waals surface area contributed by atoms with Crippen LogP contribution in [0.2, 0.25) is 0 Å². The third-order valence-corrected chi connectivity index (χ3v) is 4.02. The van der Waals surface area contributed by atoms with Crippen LogP contribution in [0.4, 0.5) is 4.39 Å². The molecule has 0 heterocycles. The number of nitrogens with one attached hydrogen (secondary N) is 1. The van der Waals surface area contributed by atoms with Gasteiger partial charge in [-0.3, -0.25) is 9.59 Å². The van der Waals surface area contributed by atoms with Crippen molar-refractivity contribution in [2.24, 2.45) is 0 Å². The number of carbonyl (C=O) groups is 2. The summed E-state index contributed by atoms with van der Waals surface area (Å²) >= 11 is 0. The van der Waals surface area contributed by atoms with Crippen LogP contribution < -0.4 is 5.32 Å². The molecular formula is C19H20FNO3. The van der Waals surface area contributed by atoms with Crippen molar-refractivity contribution in [2.75, 3.05) is 7.11 Å². The summed E-state index contributed by atoms with van der Waals surface area (Å²) in [6, 6.07) is 13.0. The van der Waals surface area contributed by atoms with E-state index < -0.39 is 17.3 Å². The maximum atomic E-state index is 14.0. The second kappa shape index (κ2) is 7.36. The molecule has 0 spiro atoms. The van der Waals surface area contributed by atoms with Gasteiger partial charge < -0.3 is 10.1 Å². The molecule has 0 aromatic heterocycles. The SMILES string of the molecule is CO[C@](C)(C(=O)NCc1cccc(C(C)=O)c1)c1ccccc1F. The normalized spacial score (nSPS) is 13.2. The number of halogens is 1. The van der Waals surface area contributed by atoms with Gasteiger partial charge in [0, 0.05) is 24.8 Å². The van der Waals surface area contributed by atoms with Crippen molar-refractivity contribution < 1.29 is 18.7 Å². The first-order chi connectivity index (χ1) is 11.4. The number of Topliss-reactive ketones (excluding diaryl/α,β-unsaturated/α-hetero) is 1. The molecule has 126 valence electrons. The molecule has 0 fully saturated rings. The highest BCUT2D eigenvalue weighted by molar-refractivity contribution is 5.94. The van der Waals surface area contributed by atoms with Crippen LogP contribution in [0.3, 0.4) is 0 Å². The third-order valence-electron chi connectivity index (χ3n) is 4.02. The van der Waals surface area contributed by atoms with E-state index in [2.05, 4.69) is 5.32 Å². The van der Waals surface area contributed by atoms with Gasteiger partial charge in [0.15, 0.2) is 11.4 Å². The van der Waals surface area contributed by atoms with E-state index in [0.717, 1.165) is 5.56 Å². The molecule has 2 rings (SSSR count). The summed E-state index contributed by atoms with van der Waals surface area (Å²) < 4.78 is 19.4. The van der Waals surface area contributed by atoms with Crippen LogP contribution in [0.15, 0.2) is 48.5 Å². The summed E-state index contributed by atoms with van der Waals surface area (Å²) in [5.41, 5.74) is 0.0830. The molecular weight excluding hydrogens is 309 g/mol. The quantitative estimate of drug-likeness (QED) is 0.828. The summed E-state index contributed by atoms with van der Waals surface area (Å²) in [6.45, 7) is 3.22. The minimum Gasteiger partial charge on any atom is -0.364 e. The molecule has 0 saturated carbocycles. The van der Waals surface area contributed by atoms with Crippen LogP contribution in [0.1, 0.15) is 35.3 Å². The Kier molecular flexibility index (Phi) is 5.46. The highest BCUT2D eigenvalue weighted by Crippen LogP contribution is 2.27. The fourth-order valence-electron chi connectivity index (χ4n) is 2.42. The Morgan fingerprint density at radius 2 is 1.88 bits per heavy atom. The maximum absolute atomic E-state index is 14.0. The van der Waals surface area contributed by atoms with Gasteiger partial charge in [0.25, 0.3) is 5.91 Å². The van der Waals surface area contributed by atoms with E-state index in [-0.39, 0.29) is 17.9 Å². The average Bonchev–Trinajstić information content (AvgIpc) is 2.59. The second-order valence-corrected chi connectivity index (χ2v) is 5.66. The van der Waals surface area contributed by atoms with E-state index in [1.165, 1.54) is 33.1 Å². The van der Waals surface area contributed by atoms with Crippen molar-refractivity contribution in [2.45, 2.75) is 26.0 Å². The zero-order chi connectivity index (χ0) is 17.7. The standard InChI is InChI=1S/C19H20FNO3/c1-13(22)15-8-6-7-14(11-15)12-21-18(23)19(2,24-3)16-9-4-5-10-17(16)20/h4-11H,12H2,1-3H3,(H,21,23)/t19-/m0/s1. The number of rotatable bonds is 6. The Morgan fingerprint density at radius 3 is 2.50 bits per heavy atom. The molecule has 0 aliphatic heterocycles. The molecule has 5 heteroatoms. The molecule has 1 atom stereocenters. The largest absolute Gasteiger partial charge is 0.364 e. The molecule has 4 nitrogen and oxygen atoms in total. The Balaban J connectivity index is 2.17. The van der Waals surface area contributed by atoms with Crippen LogP contribution in [-0.4, -0.2) is 18.8 Å². The van der Waals surface area contributed by atoms with Crippen molar-refractivity contribution >= 4 is 11.7 Å². The summed E-state index contributed by atoms with van der Waals surface area (Å²) in [4.78, 5) is 24.0. The van der Waals surface area contributed by atoms with Gasteiger partial charge in [-0.05, 0) is 31.5 Å². The van der Waals surface area contributed by atoms with Crippen molar-refractivity contribution in [1.29, 1.82) is 0 Å². The molecule has 24 heavy (non-hydrogen) atoms. The maximum Gasteiger partial charge on any atom is 0.256 e. The first kappa shape index (κ1) is 17.8. The van der Waals surface area contributed by atoms with Crippen LogP contribution in [-0.2, 0) is 21.7 Å². The molecule has 0 saturated heterocycles. The van der Waals surface area contributed by atoms with Gasteiger partial charge in [-0.1, -0.05) is 36.4 Å². The van der Waals surface area contributed by atoms with Crippen LogP contribution >= 0.6 is 0 Å². The third kappa shape index (κ3) is 3.68. The predicted molar refractivity (Wildman–Crippen MR) is 89.1 cm³/mol. The number of benzene rings is 2. The van der Waals surface area contributed by atoms with Crippen molar-refractivity contribution in [3.63, 3.8) is 0 Å². The second-order valence-electron chi connectivity index (χ2n) is 5.66. The van der Waals surface area contributed by atoms with E-state index in [4.69, 9.17) is 4.74 Å². The molecule has 0 aliphatic carbocycles. The minimum absolute atomic E-state index is 0.0451. The minimum atomic E-state index is -1.44. The topological polar surface area (TPSA) is 55.4 Å². The average molecular weight is 329 g/mol. The fraction of sp³-hybridized carbons (Fsp3) is 0.263. The van der Waals surface area contributed by atoms with Crippen molar-refractivity contribution in [3.05, 3.63) is 71.0 Å². The Hall–Kier alpha value is -2.53. The van der Waals surface area contributed by atoms with Gasteiger partial charge in [0.2, 0.25) is 0 Å². The Labute approximate surface area is 140 Å². The summed E-state index contributed by atoms with van der Waals surface area (Å²) in [5.74, 6) is -1.00. The molecule has 0 aliphatic rings. The number of amides is 1. The Morgan fingerprint density at radius 1 is 1.17 bits per heavy atom. The molecule has 2 aromatic carbocycles. The summed E-state index contributed by atoms with van der Waals surface area (Å²) in [6.07, 6.45) is 0. The van der Waals surface area contributed by atoms with Crippen molar-refractivity contribution in [1.82, 2.24) is 5.32 Å². The fourth-order valence-corrected chi connectivity index (χ4v) is 2.42. The smallest absolute Gasteiger partial charge is 0.256 e. The molecule has 0 unspecified atom stereocenters. The lowest BCUT2D eigenvalue weighted by Gasteiger charge is -2.27. The summed E-state index contributed by atoms with van der Waals surface area (Å²) in [7, 11) is 1.36. The van der Waals surface area contributed by atoms with E-state index in [9.17, 15) is 14.0 Å². The highest BCUT2D eigenvalue weighted by Gasteiger charge is 2.37. The van der Waals surface area contributed by atoms with Gasteiger partial charge in [-0.25, -0.2) is 4.39 Å². The number of hydrogen-bond acceptors (Lipinski definition) is 3. The lowest BCUT2D eigenvalue weighted by Crippen LogP contribution is -2.44. The van der Waals surface area contributed by atoms with Gasteiger partial charge >= 0.3 is 0 Å². The number of methoxy groups -OCH3 is 1. The van der Waals surface area contributed by atoms with Crippen molar-refractivity contribution in [3.8, 4) is 0 Å².